The molecule has 1 N–H and O–H groups in total. The van der Waals surface area contributed by atoms with Crippen LogP contribution in [0.4, 0.5) is 11.4 Å². The van der Waals surface area contributed by atoms with Crippen LogP contribution in [0, 0.1) is 27.9 Å². The van der Waals surface area contributed by atoms with Gasteiger partial charge in [-0.2, -0.15) is 0 Å². The molecule has 1 aromatic carbocycles. The lowest BCUT2D eigenvalue weighted by molar-refractivity contribution is -0.384. The van der Waals surface area contributed by atoms with E-state index in [1.165, 1.54) is 25.0 Å². The summed E-state index contributed by atoms with van der Waals surface area (Å²) in [4.78, 5) is 22.4. The van der Waals surface area contributed by atoms with Gasteiger partial charge in [0.2, 0.25) is 5.91 Å². The number of amides is 1. The molecule has 19 heavy (non-hydrogen) atoms. The number of hydrogen-bond donors (Lipinski definition) is 1. The van der Waals surface area contributed by atoms with Crippen LogP contribution < -0.4 is 5.32 Å². The number of nitrogens with zero attached hydrogens (tertiary/aromatic N) is 1. The fourth-order valence-electron chi connectivity index (χ4n) is 3.30. The van der Waals surface area contributed by atoms with Crippen LogP contribution in [0.1, 0.15) is 25.7 Å². The van der Waals surface area contributed by atoms with Gasteiger partial charge < -0.3 is 5.32 Å². The maximum Gasteiger partial charge on any atom is 0.271 e. The molecule has 0 spiro atoms. The van der Waals surface area contributed by atoms with E-state index in [0.717, 1.165) is 12.8 Å². The molecule has 2 aliphatic rings. The van der Waals surface area contributed by atoms with Crippen LogP contribution in [0.3, 0.4) is 0 Å². The average Bonchev–Trinajstić information content (AvgIpc) is 3.13. The van der Waals surface area contributed by atoms with Gasteiger partial charge in [-0.25, -0.2) is 0 Å². The number of nitro groups is 1. The molecule has 2 saturated carbocycles. The van der Waals surface area contributed by atoms with Gasteiger partial charge in [0.25, 0.3) is 5.69 Å². The van der Waals surface area contributed by atoms with Crippen molar-refractivity contribution in [1.82, 2.24) is 0 Å². The van der Waals surface area contributed by atoms with Crippen LogP contribution in [0.5, 0.6) is 0 Å². The smallest absolute Gasteiger partial charge is 0.271 e. The Morgan fingerprint density at radius 2 is 1.95 bits per heavy atom. The molecule has 100 valence electrons. The quantitative estimate of drug-likeness (QED) is 0.670. The average molecular weight is 260 g/mol. The Bertz CT molecular complexity index is 517. The normalized spacial score (nSPS) is 28.3. The van der Waals surface area contributed by atoms with Crippen molar-refractivity contribution in [3.8, 4) is 0 Å². The predicted molar refractivity (Wildman–Crippen MR) is 70.7 cm³/mol. The van der Waals surface area contributed by atoms with Gasteiger partial charge in [-0.3, -0.25) is 14.9 Å². The first-order chi connectivity index (χ1) is 9.16. The first kappa shape index (κ1) is 12.1. The fourth-order valence-corrected chi connectivity index (χ4v) is 3.30. The van der Waals surface area contributed by atoms with Crippen LogP contribution in [0.25, 0.3) is 0 Å². The van der Waals surface area contributed by atoms with E-state index in [4.69, 9.17) is 0 Å². The van der Waals surface area contributed by atoms with Gasteiger partial charge in [0.1, 0.15) is 0 Å². The molecule has 5 nitrogen and oxygen atoms in total. The van der Waals surface area contributed by atoms with Crippen molar-refractivity contribution in [2.24, 2.45) is 17.8 Å². The lowest BCUT2D eigenvalue weighted by Gasteiger charge is -2.04. The number of hydrogen-bond acceptors (Lipinski definition) is 3. The Hall–Kier alpha value is -1.91. The fraction of sp³-hybridized carbons (Fsp3) is 0.500. The monoisotopic (exact) mass is 260 g/mol. The molecule has 0 radical (unpaired) electrons. The van der Waals surface area contributed by atoms with E-state index in [9.17, 15) is 14.9 Å². The van der Waals surface area contributed by atoms with Gasteiger partial charge in [0.15, 0.2) is 0 Å². The number of non-ortho nitro benzene ring substituents is 1. The summed E-state index contributed by atoms with van der Waals surface area (Å²) in [6, 6.07) is 6.11. The van der Waals surface area contributed by atoms with E-state index < -0.39 is 4.92 Å². The van der Waals surface area contributed by atoms with Crippen molar-refractivity contribution in [3.05, 3.63) is 34.4 Å². The van der Waals surface area contributed by atoms with Gasteiger partial charge in [-0.15, -0.1) is 0 Å². The van der Waals surface area contributed by atoms with Gasteiger partial charge in [-0.05, 0) is 30.7 Å². The van der Waals surface area contributed by atoms with Crippen molar-refractivity contribution in [2.45, 2.75) is 25.7 Å². The van der Waals surface area contributed by atoms with Crippen molar-refractivity contribution >= 4 is 17.3 Å². The van der Waals surface area contributed by atoms with E-state index in [0.29, 0.717) is 17.5 Å². The maximum atomic E-state index is 12.1. The van der Waals surface area contributed by atoms with Gasteiger partial charge >= 0.3 is 0 Å². The van der Waals surface area contributed by atoms with Crippen LogP contribution >= 0.6 is 0 Å². The molecule has 2 fully saturated rings. The highest BCUT2D eigenvalue weighted by molar-refractivity contribution is 5.95. The number of carbonyl (C=O) groups excluding carboxylic acids is 1. The van der Waals surface area contributed by atoms with Crippen molar-refractivity contribution in [3.63, 3.8) is 0 Å². The molecule has 1 unspecified atom stereocenters. The highest BCUT2D eigenvalue weighted by Crippen LogP contribution is 2.55. The summed E-state index contributed by atoms with van der Waals surface area (Å²) in [5.74, 6) is 1.25. The van der Waals surface area contributed by atoms with Crippen molar-refractivity contribution < 1.29 is 9.72 Å². The molecule has 0 aromatic heterocycles. The van der Waals surface area contributed by atoms with Crippen molar-refractivity contribution in [1.29, 1.82) is 0 Å². The number of carbonyl (C=O) groups is 1. The standard InChI is InChI=1S/C14H16N2O3/c17-14(13-11-6-1-2-7-12(11)13)15-9-4-3-5-10(8-9)16(18)19/h3-5,8,11-13H,1-2,6-7H2,(H,15,17)/t11-,12+,13?. The molecule has 3 atom stereocenters. The molecule has 0 aliphatic heterocycles. The largest absolute Gasteiger partial charge is 0.326 e. The second-order valence-electron chi connectivity index (χ2n) is 5.43. The summed E-state index contributed by atoms with van der Waals surface area (Å²) in [6.07, 6.45) is 4.75. The molecule has 3 rings (SSSR count). The number of rotatable bonds is 3. The topological polar surface area (TPSA) is 72.2 Å². The molecule has 5 heteroatoms. The first-order valence-corrected chi connectivity index (χ1v) is 6.72. The third-order valence-corrected chi connectivity index (χ3v) is 4.28. The molecule has 0 saturated heterocycles. The number of anilines is 1. The molecule has 2 aliphatic carbocycles. The van der Waals surface area contributed by atoms with Gasteiger partial charge in [0, 0.05) is 23.7 Å². The summed E-state index contributed by atoms with van der Waals surface area (Å²) in [5, 5.41) is 13.5. The molecule has 1 aromatic rings. The highest BCUT2D eigenvalue weighted by Gasteiger charge is 2.54. The van der Waals surface area contributed by atoms with Crippen LogP contribution in [-0.4, -0.2) is 10.8 Å². The Morgan fingerprint density at radius 1 is 1.26 bits per heavy atom. The van der Waals surface area contributed by atoms with E-state index in [2.05, 4.69) is 5.32 Å². The van der Waals surface area contributed by atoms with Gasteiger partial charge in [-0.1, -0.05) is 18.9 Å². The number of nitrogens with one attached hydrogen (secondary N) is 1. The molecule has 0 heterocycles. The first-order valence-electron chi connectivity index (χ1n) is 6.72. The Labute approximate surface area is 111 Å². The molecular formula is C14H16N2O3. The second kappa shape index (κ2) is 4.64. The van der Waals surface area contributed by atoms with Crippen LogP contribution in [0.15, 0.2) is 24.3 Å². The Balaban J connectivity index is 1.67. The number of benzene rings is 1. The van der Waals surface area contributed by atoms with Gasteiger partial charge in [0.05, 0.1) is 4.92 Å². The summed E-state index contributed by atoms with van der Waals surface area (Å²) < 4.78 is 0. The lowest BCUT2D eigenvalue weighted by atomic mass is 10.0. The predicted octanol–water partition coefficient (Wildman–Crippen LogP) is 2.97. The highest BCUT2D eigenvalue weighted by atomic mass is 16.6. The van der Waals surface area contributed by atoms with E-state index in [1.54, 1.807) is 12.1 Å². The Morgan fingerprint density at radius 3 is 2.58 bits per heavy atom. The molecule has 1 amide bonds. The SMILES string of the molecule is O=C(Nc1cccc([N+](=O)[O-])c1)C1[C@H]2CCCC[C@@H]12. The zero-order valence-electron chi connectivity index (χ0n) is 10.5. The summed E-state index contributed by atoms with van der Waals surface area (Å²) in [7, 11) is 0. The number of nitro benzene ring substituents is 1. The minimum atomic E-state index is -0.452. The van der Waals surface area contributed by atoms with E-state index in [-0.39, 0.29) is 17.5 Å². The van der Waals surface area contributed by atoms with Crippen LogP contribution in [-0.2, 0) is 4.79 Å². The summed E-state index contributed by atoms with van der Waals surface area (Å²) in [6.45, 7) is 0. The third kappa shape index (κ3) is 2.32. The van der Waals surface area contributed by atoms with Crippen molar-refractivity contribution in [2.75, 3.05) is 5.32 Å². The second-order valence-corrected chi connectivity index (χ2v) is 5.43. The molecule has 0 bridgehead atoms. The van der Waals surface area contributed by atoms with Crippen LogP contribution in [0.2, 0.25) is 0 Å². The zero-order chi connectivity index (χ0) is 13.4. The lowest BCUT2D eigenvalue weighted by Crippen LogP contribution is -2.15. The third-order valence-electron chi connectivity index (χ3n) is 4.28. The van der Waals surface area contributed by atoms with E-state index in [1.807, 2.05) is 0 Å². The number of fused-ring (bicyclic) bond motifs is 1. The minimum absolute atomic E-state index is 0.00557. The minimum Gasteiger partial charge on any atom is -0.326 e. The Kier molecular flexibility index (Phi) is 2.97. The molecular weight excluding hydrogens is 244 g/mol. The summed E-state index contributed by atoms with van der Waals surface area (Å²) >= 11 is 0. The van der Waals surface area contributed by atoms with E-state index >= 15 is 0 Å². The summed E-state index contributed by atoms with van der Waals surface area (Å²) in [5.41, 5.74) is 0.522. The maximum absolute atomic E-state index is 12.1. The zero-order valence-corrected chi connectivity index (χ0v) is 10.5.